The topological polar surface area (TPSA) is 85.5 Å². The lowest BCUT2D eigenvalue weighted by molar-refractivity contribution is -0.141. The van der Waals surface area contributed by atoms with Gasteiger partial charge in [-0.15, -0.1) is 0 Å². The van der Waals surface area contributed by atoms with Crippen molar-refractivity contribution in [3.63, 3.8) is 0 Å². The fourth-order valence-electron chi connectivity index (χ4n) is 6.54. The smallest absolute Gasteiger partial charge is 0.328 e. The highest BCUT2D eigenvalue weighted by molar-refractivity contribution is 6.11. The lowest BCUT2D eigenvalue weighted by Gasteiger charge is -2.36. The molecule has 1 saturated heterocycles. The number of urea groups is 1. The first-order chi connectivity index (χ1) is 17.3. The zero-order valence-electron chi connectivity index (χ0n) is 21.0. The molecule has 186 valence electrons. The minimum absolute atomic E-state index is 0.116. The van der Waals surface area contributed by atoms with Gasteiger partial charge in [0.25, 0.3) is 5.91 Å². The minimum atomic E-state index is -1.16. The van der Waals surface area contributed by atoms with Gasteiger partial charge in [0.2, 0.25) is 5.91 Å². The van der Waals surface area contributed by atoms with Crippen LogP contribution in [0.15, 0.2) is 48.5 Å². The standard InChI is InChI=1S/C29H32N4O3/c1-17(2)24(26(34)31-22-14-8-10-18-9-4-5-11-19(18)22)33-27(35)29(3)25-21(15-16-32(29)28(33)36)20-12-6-7-13-23(20)30-25/h4-7,9,11-13,17,22,24,30H,8,10,14-16H2,1-3H3,(H,31,34). The number of benzene rings is 2. The van der Waals surface area contributed by atoms with Gasteiger partial charge in [-0.1, -0.05) is 56.3 Å². The van der Waals surface area contributed by atoms with Gasteiger partial charge in [0.15, 0.2) is 5.54 Å². The Morgan fingerprint density at radius 3 is 2.64 bits per heavy atom. The summed E-state index contributed by atoms with van der Waals surface area (Å²) in [6.45, 7) is 6.05. The Morgan fingerprint density at radius 1 is 1.08 bits per heavy atom. The van der Waals surface area contributed by atoms with Gasteiger partial charge in [-0.3, -0.25) is 9.59 Å². The molecule has 0 saturated carbocycles. The lowest BCUT2D eigenvalue weighted by Crippen LogP contribution is -2.54. The Bertz CT molecular complexity index is 1390. The summed E-state index contributed by atoms with van der Waals surface area (Å²) in [4.78, 5) is 47.9. The molecule has 2 aromatic carbocycles. The van der Waals surface area contributed by atoms with Gasteiger partial charge in [-0.25, -0.2) is 9.69 Å². The highest BCUT2D eigenvalue weighted by Gasteiger charge is 2.61. The second kappa shape index (κ2) is 8.22. The van der Waals surface area contributed by atoms with E-state index in [1.807, 2.05) is 51.1 Å². The maximum absolute atomic E-state index is 14.1. The third-order valence-corrected chi connectivity index (χ3v) is 8.36. The molecule has 0 bridgehead atoms. The fraction of sp³-hybridized carbons (Fsp3) is 0.414. The first-order valence-electron chi connectivity index (χ1n) is 13.0. The SMILES string of the molecule is CC(C)C(C(=O)NC1CCCc2ccccc21)N1C(=O)N2CCc3c([nH]c4ccccc34)C2(C)C1=O. The van der Waals surface area contributed by atoms with Crippen LogP contribution in [0.5, 0.6) is 0 Å². The number of aromatic nitrogens is 1. The summed E-state index contributed by atoms with van der Waals surface area (Å²) in [6.07, 6.45) is 3.50. The van der Waals surface area contributed by atoms with Gasteiger partial charge < -0.3 is 15.2 Å². The van der Waals surface area contributed by atoms with Crippen molar-refractivity contribution in [2.75, 3.05) is 6.54 Å². The van der Waals surface area contributed by atoms with E-state index in [9.17, 15) is 14.4 Å². The van der Waals surface area contributed by atoms with E-state index in [2.05, 4.69) is 28.5 Å². The predicted octanol–water partition coefficient (Wildman–Crippen LogP) is 4.42. The molecule has 3 aromatic rings. The van der Waals surface area contributed by atoms with Crippen LogP contribution in [0.4, 0.5) is 4.79 Å². The third-order valence-electron chi connectivity index (χ3n) is 8.36. The number of carbonyl (C=O) groups excluding carboxylic acids is 3. The number of nitrogens with zero attached hydrogens (tertiary/aromatic N) is 2. The van der Waals surface area contributed by atoms with Crippen molar-refractivity contribution in [3.05, 3.63) is 70.9 Å². The molecule has 7 nitrogen and oxygen atoms in total. The van der Waals surface area contributed by atoms with E-state index in [0.29, 0.717) is 13.0 Å². The number of nitrogens with one attached hydrogen (secondary N) is 2. The monoisotopic (exact) mass is 484 g/mol. The summed E-state index contributed by atoms with van der Waals surface area (Å²) < 4.78 is 0. The molecule has 0 radical (unpaired) electrons. The Balaban J connectivity index is 1.35. The van der Waals surface area contributed by atoms with Gasteiger partial charge >= 0.3 is 6.03 Å². The van der Waals surface area contributed by atoms with Crippen molar-refractivity contribution >= 4 is 28.7 Å². The van der Waals surface area contributed by atoms with Crippen molar-refractivity contribution in [3.8, 4) is 0 Å². The number of H-pyrrole nitrogens is 1. The highest BCUT2D eigenvalue weighted by atomic mass is 16.2. The summed E-state index contributed by atoms with van der Waals surface area (Å²) in [5.41, 5.74) is 4.02. The Morgan fingerprint density at radius 2 is 1.83 bits per heavy atom. The number of carbonyl (C=O) groups is 3. The fourth-order valence-corrected chi connectivity index (χ4v) is 6.54. The molecule has 3 unspecified atom stereocenters. The molecule has 1 aliphatic carbocycles. The van der Waals surface area contributed by atoms with Crippen LogP contribution in [-0.4, -0.2) is 45.2 Å². The quantitative estimate of drug-likeness (QED) is 0.538. The van der Waals surface area contributed by atoms with E-state index < -0.39 is 11.6 Å². The first-order valence-corrected chi connectivity index (χ1v) is 13.0. The largest absolute Gasteiger partial charge is 0.356 e. The Kier molecular flexibility index (Phi) is 5.21. The van der Waals surface area contributed by atoms with Gasteiger partial charge in [-0.05, 0) is 61.3 Å². The average Bonchev–Trinajstić information content (AvgIpc) is 3.34. The van der Waals surface area contributed by atoms with Gasteiger partial charge in [0.1, 0.15) is 6.04 Å². The summed E-state index contributed by atoms with van der Waals surface area (Å²) in [6, 6.07) is 14.8. The predicted molar refractivity (Wildman–Crippen MR) is 137 cm³/mol. The van der Waals surface area contributed by atoms with Crippen molar-refractivity contribution in [2.45, 2.75) is 64.1 Å². The number of aromatic amines is 1. The Labute approximate surface area is 210 Å². The van der Waals surface area contributed by atoms with Crippen molar-refractivity contribution in [1.82, 2.24) is 20.1 Å². The number of hydrogen-bond donors (Lipinski definition) is 2. The second-order valence-electron chi connectivity index (χ2n) is 10.8. The van der Waals surface area contributed by atoms with Crippen molar-refractivity contribution < 1.29 is 14.4 Å². The normalized spacial score (nSPS) is 24.1. The van der Waals surface area contributed by atoms with E-state index >= 15 is 0 Å². The maximum Gasteiger partial charge on any atom is 0.328 e. The van der Waals surface area contributed by atoms with E-state index in [0.717, 1.165) is 47.0 Å². The van der Waals surface area contributed by atoms with Crippen LogP contribution >= 0.6 is 0 Å². The van der Waals surface area contributed by atoms with Crippen LogP contribution in [0.1, 0.15) is 62.0 Å². The van der Waals surface area contributed by atoms with Crippen LogP contribution in [0.25, 0.3) is 10.9 Å². The number of imide groups is 1. The summed E-state index contributed by atoms with van der Waals surface area (Å²) in [5.74, 6) is -0.838. The second-order valence-corrected chi connectivity index (χ2v) is 10.8. The zero-order chi connectivity index (χ0) is 25.2. The lowest BCUT2D eigenvalue weighted by atomic mass is 9.86. The molecule has 4 amide bonds. The van der Waals surface area contributed by atoms with Gasteiger partial charge in [0, 0.05) is 17.4 Å². The van der Waals surface area contributed by atoms with E-state index in [4.69, 9.17) is 0 Å². The zero-order valence-corrected chi connectivity index (χ0v) is 21.0. The number of aryl methyl sites for hydroxylation is 1. The summed E-state index contributed by atoms with van der Waals surface area (Å²) in [7, 11) is 0. The van der Waals surface area contributed by atoms with Crippen LogP contribution < -0.4 is 5.32 Å². The average molecular weight is 485 g/mol. The van der Waals surface area contributed by atoms with Crippen LogP contribution in [0.2, 0.25) is 0 Å². The number of para-hydroxylation sites is 1. The highest BCUT2D eigenvalue weighted by Crippen LogP contribution is 2.45. The number of rotatable bonds is 4. The molecule has 36 heavy (non-hydrogen) atoms. The third kappa shape index (κ3) is 3.14. The number of fused-ring (bicyclic) bond motifs is 6. The summed E-state index contributed by atoms with van der Waals surface area (Å²) >= 11 is 0. The molecule has 1 fully saturated rings. The summed E-state index contributed by atoms with van der Waals surface area (Å²) in [5, 5.41) is 4.28. The van der Waals surface area contributed by atoms with Crippen molar-refractivity contribution in [1.29, 1.82) is 0 Å². The van der Waals surface area contributed by atoms with Crippen molar-refractivity contribution in [2.24, 2.45) is 5.92 Å². The molecule has 3 aliphatic rings. The van der Waals surface area contributed by atoms with Gasteiger partial charge in [0.05, 0.1) is 11.7 Å². The molecule has 3 atom stereocenters. The molecule has 6 rings (SSSR count). The molecule has 2 N–H and O–H groups in total. The molecule has 7 heteroatoms. The molecule has 3 heterocycles. The van der Waals surface area contributed by atoms with E-state index in [1.54, 1.807) is 4.90 Å². The van der Waals surface area contributed by atoms with Crippen LogP contribution in [-0.2, 0) is 28.0 Å². The van der Waals surface area contributed by atoms with E-state index in [1.165, 1.54) is 10.5 Å². The van der Waals surface area contributed by atoms with Crippen LogP contribution in [0.3, 0.4) is 0 Å². The number of hydrogen-bond acceptors (Lipinski definition) is 3. The maximum atomic E-state index is 14.1. The van der Waals surface area contributed by atoms with Gasteiger partial charge in [-0.2, -0.15) is 0 Å². The molecular weight excluding hydrogens is 452 g/mol. The molecule has 1 aromatic heterocycles. The molecule has 0 spiro atoms. The number of amides is 4. The Hall–Kier alpha value is -3.61. The first kappa shape index (κ1) is 22.8. The molecule has 2 aliphatic heterocycles. The molecular formula is C29H32N4O3. The van der Waals surface area contributed by atoms with E-state index in [-0.39, 0.29) is 29.8 Å². The van der Waals surface area contributed by atoms with Crippen LogP contribution in [0, 0.1) is 5.92 Å². The minimum Gasteiger partial charge on any atom is -0.356 e.